The average Bonchev–Trinajstić information content (AvgIpc) is 2.32. The summed E-state index contributed by atoms with van der Waals surface area (Å²) in [5.74, 6) is 0.840. The number of hydrogen-bond acceptors (Lipinski definition) is 3. The predicted molar refractivity (Wildman–Crippen MR) is 75.7 cm³/mol. The normalized spacial score (nSPS) is 23.3. The molecule has 1 saturated heterocycles. The summed E-state index contributed by atoms with van der Waals surface area (Å²) in [6.07, 6.45) is 1.82. The standard InChI is InChI=1S/C14H21NO2.ClH/c1-11-4-5-13(8-12(11)2)17-10-14(16)6-3-7-15-9-14;/h4-5,8,15-16H,3,6-7,9-10H2,1-2H3;1H. The van der Waals surface area contributed by atoms with E-state index in [2.05, 4.69) is 19.2 Å². The van der Waals surface area contributed by atoms with Crippen LogP contribution in [0.5, 0.6) is 5.75 Å². The monoisotopic (exact) mass is 271 g/mol. The van der Waals surface area contributed by atoms with Crippen LogP contribution in [0, 0.1) is 13.8 Å². The number of ether oxygens (including phenoxy) is 1. The Kier molecular flexibility index (Phi) is 5.45. The molecule has 1 aliphatic rings. The summed E-state index contributed by atoms with van der Waals surface area (Å²) in [4.78, 5) is 0. The molecular formula is C14H22ClNO2. The fourth-order valence-corrected chi connectivity index (χ4v) is 2.10. The summed E-state index contributed by atoms with van der Waals surface area (Å²) in [6, 6.07) is 6.03. The zero-order valence-corrected chi connectivity index (χ0v) is 11.8. The highest BCUT2D eigenvalue weighted by Gasteiger charge is 2.29. The molecule has 4 heteroatoms. The van der Waals surface area contributed by atoms with Crippen molar-refractivity contribution in [2.75, 3.05) is 19.7 Å². The second-order valence-corrected chi connectivity index (χ2v) is 5.04. The van der Waals surface area contributed by atoms with E-state index >= 15 is 0 Å². The van der Waals surface area contributed by atoms with Gasteiger partial charge in [0.2, 0.25) is 0 Å². The van der Waals surface area contributed by atoms with Gasteiger partial charge in [-0.15, -0.1) is 12.4 Å². The Bertz CT molecular complexity index is 389. The van der Waals surface area contributed by atoms with Crippen molar-refractivity contribution in [1.82, 2.24) is 5.32 Å². The Morgan fingerprint density at radius 2 is 2.11 bits per heavy atom. The minimum absolute atomic E-state index is 0. The third-order valence-corrected chi connectivity index (χ3v) is 3.44. The van der Waals surface area contributed by atoms with Gasteiger partial charge in [-0.1, -0.05) is 6.07 Å². The number of rotatable bonds is 3. The Hall–Kier alpha value is -0.770. The summed E-state index contributed by atoms with van der Waals surface area (Å²) in [7, 11) is 0. The lowest BCUT2D eigenvalue weighted by atomic mass is 9.95. The van der Waals surface area contributed by atoms with E-state index < -0.39 is 5.60 Å². The molecular weight excluding hydrogens is 250 g/mol. The van der Waals surface area contributed by atoms with Crippen LogP contribution < -0.4 is 10.1 Å². The highest BCUT2D eigenvalue weighted by atomic mass is 35.5. The van der Waals surface area contributed by atoms with Gasteiger partial charge in [-0.25, -0.2) is 0 Å². The smallest absolute Gasteiger partial charge is 0.119 e. The highest BCUT2D eigenvalue weighted by Crippen LogP contribution is 2.20. The number of benzene rings is 1. The molecule has 1 aromatic rings. The summed E-state index contributed by atoms with van der Waals surface area (Å²) < 4.78 is 5.69. The van der Waals surface area contributed by atoms with Gasteiger partial charge in [0.25, 0.3) is 0 Å². The molecule has 0 saturated carbocycles. The summed E-state index contributed by atoms with van der Waals surface area (Å²) in [6.45, 7) is 6.13. The summed E-state index contributed by atoms with van der Waals surface area (Å²) >= 11 is 0. The lowest BCUT2D eigenvalue weighted by Gasteiger charge is -2.32. The molecule has 0 radical (unpaired) electrons. The van der Waals surface area contributed by atoms with E-state index in [1.54, 1.807) is 0 Å². The Labute approximate surface area is 115 Å². The van der Waals surface area contributed by atoms with Crippen molar-refractivity contribution in [2.24, 2.45) is 0 Å². The van der Waals surface area contributed by atoms with E-state index in [4.69, 9.17) is 4.74 Å². The molecule has 1 aliphatic heterocycles. The van der Waals surface area contributed by atoms with Crippen molar-refractivity contribution < 1.29 is 9.84 Å². The average molecular weight is 272 g/mol. The Morgan fingerprint density at radius 3 is 2.72 bits per heavy atom. The van der Waals surface area contributed by atoms with E-state index in [1.165, 1.54) is 11.1 Å². The molecule has 18 heavy (non-hydrogen) atoms. The van der Waals surface area contributed by atoms with Gasteiger partial charge in [0.05, 0.1) is 0 Å². The molecule has 102 valence electrons. The number of piperidine rings is 1. The van der Waals surface area contributed by atoms with Gasteiger partial charge in [0.15, 0.2) is 0 Å². The SMILES string of the molecule is Cc1ccc(OCC2(O)CCCNC2)cc1C.Cl. The Morgan fingerprint density at radius 1 is 1.33 bits per heavy atom. The lowest BCUT2D eigenvalue weighted by Crippen LogP contribution is -2.49. The molecule has 1 unspecified atom stereocenters. The van der Waals surface area contributed by atoms with Crippen molar-refractivity contribution in [2.45, 2.75) is 32.3 Å². The second-order valence-electron chi connectivity index (χ2n) is 5.04. The molecule has 0 spiro atoms. The van der Waals surface area contributed by atoms with Gasteiger partial charge in [-0.05, 0) is 56.5 Å². The molecule has 0 aliphatic carbocycles. The molecule has 0 amide bonds. The van der Waals surface area contributed by atoms with Crippen LogP contribution in [-0.4, -0.2) is 30.4 Å². The first-order valence-corrected chi connectivity index (χ1v) is 6.22. The van der Waals surface area contributed by atoms with Crippen LogP contribution in [0.3, 0.4) is 0 Å². The van der Waals surface area contributed by atoms with Crippen LogP contribution in [0.15, 0.2) is 18.2 Å². The molecule has 0 bridgehead atoms. The summed E-state index contributed by atoms with van der Waals surface area (Å²) in [5.41, 5.74) is 1.77. The van der Waals surface area contributed by atoms with Crippen LogP contribution in [0.4, 0.5) is 0 Å². The van der Waals surface area contributed by atoms with Crippen LogP contribution in [-0.2, 0) is 0 Å². The van der Waals surface area contributed by atoms with Crippen molar-refractivity contribution in [1.29, 1.82) is 0 Å². The molecule has 1 atom stereocenters. The summed E-state index contributed by atoms with van der Waals surface area (Å²) in [5, 5.41) is 13.5. The number of aryl methyl sites for hydroxylation is 2. The van der Waals surface area contributed by atoms with Gasteiger partial charge in [-0.3, -0.25) is 0 Å². The van der Waals surface area contributed by atoms with Gasteiger partial charge < -0.3 is 15.2 Å². The van der Waals surface area contributed by atoms with Crippen molar-refractivity contribution in [3.05, 3.63) is 29.3 Å². The van der Waals surface area contributed by atoms with Crippen molar-refractivity contribution in [3.63, 3.8) is 0 Å². The van der Waals surface area contributed by atoms with E-state index in [0.717, 1.165) is 25.1 Å². The maximum absolute atomic E-state index is 10.3. The molecule has 1 fully saturated rings. The van der Waals surface area contributed by atoms with Gasteiger partial charge >= 0.3 is 0 Å². The van der Waals surface area contributed by atoms with Crippen LogP contribution in [0.1, 0.15) is 24.0 Å². The first kappa shape index (κ1) is 15.3. The molecule has 3 nitrogen and oxygen atoms in total. The number of halogens is 1. The van der Waals surface area contributed by atoms with E-state index in [0.29, 0.717) is 13.2 Å². The van der Waals surface area contributed by atoms with Gasteiger partial charge in [0.1, 0.15) is 18.0 Å². The third kappa shape index (κ3) is 3.87. The zero-order valence-electron chi connectivity index (χ0n) is 11.0. The number of hydrogen-bond donors (Lipinski definition) is 2. The molecule has 1 heterocycles. The highest BCUT2D eigenvalue weighted by molar-refractivity contribution is 5.85. The molecule has 2 N–H and O–H groups in total. The number of nitrogens with one attached hydrogen (secondary N) is 1. The fraction of sp³-hybridized carbons (Fsp3) is 0.571. The third-order valence-electron chi connectivity index (χ3n) is 3.44. The lowest BCUT2D eigenvalue weighted by molar-refractivity contribution is -0.0230. The van der Waals surface area contributed by atoms with Crippen molar-refractivity contribution >= 4 is 12.4 Å². The van der Waals surface area contributed by atoms with E-state index in [-0.39, 0.29) is 12.4 Å². The minimum atomic E-state index is -0.711. The molecule has 0 aromatic heterocycles. The van der Waals surface area contributed by atoms with Gasteiger partial charge in [-0.2, -0.15) is 0 Å². The fourth-order valence-electron chi connectivity index (χ4n) is 2.10. The Balaban J connectivity index is 0.00000162. The van der Waals surface area contributed by atoms with Gasteiger partial charge in [0, 0.05) is 6.54 Å². The largest absolute Gasteiger partial charge is 0.491 e. The van der Waals surface area contributed by atoms with E-state index in [1.807, 2.05) is 18.2 Å². The maximum atomic E-state index is 10.3. The molecule has 1 aromatic carbocycles. The van der Waals surface area contributed by atoms with Crippen molar-refractivity contribution in [3.8, 4) is 5.75 Å². The quantitative estimate of drug-likeness (QED) is 0.886. The predicted octanol–water partition coefficient (Wildman–Crippen LogP) is 2.22. The van der Waals surface area contributed by atoms with Crippen LogP contribution in [0.2, 0.25) is 0 Å². The topological polar surface area (TPSA) is 41.5 Å². The number of aliphatic hydroxyl groups is 1. The zero-order chi connectivity index (χ0) is 12.3. The number of β-amino-alcohol motifs (C(OH)–C–C–N with tert-alkyl or cyclic N) is 1. The second kappa shape index (κ2) is 6.41. The van der Waals surface area contributed by atoms with Crippen LogP contribution >= 0.6 is 12.4 Å². The minimum Gasteiger partial charge on any atom is -0.491 e. The maximum Gasteiger partial charge on any atom is 0.119 e. The first-order chi connectivity index (χ1) is 8.09. The van der Waals surface area contributed by atoms with E-state index in [9.17, 15) is 5.11 Å². The van der Waals surface area contributed by atoms with Crippen LogP contribution in [0.25, 0.3) is 0 Å². The molecule has 2 rings (SSSR count). The first-order valence-electron chi connectivity index (χ1n) is 6.22.